The number of aliphatic hydroxyl groups is 1. The van der Waals surface area contributed by atoms with Gasteiger partial charge in [-0.15, -0.1) is 0 Å². The zero-order valence-electron chi connectivity index (χ0n) is 15.4. The molecule has 2 aromatic rings. The molecule has 0 saturated carbocycles. The molecule has 1 aromatic heterocycles. The van der Waals surface area contributed by atoms with E-state index in [0.717, 1.165) is 5.56 Å². The highest BCUT2D eigenvalue weighted by atomic mass is 16.4. The van der Waals surface area contributed by atoms with Crippen molar-refractivity contribution in [2.75, 3.05) is 27.2 Å². The van der Waals surface area contributed by atoms with Crippen molar-refractivity contribution in [2.45, 2.75) is 19.6 Å². The first kappa shape index (κ1) is 19.5. The largest absolute Gasteiger partial charge is 0.467 e. The molecule has 1 atom stereocenters. The lowest BCUT2D eigenvalue weighted by atomic mass is 10.1. The SMILES string of the molecule is CCNC(=NCc1ccc(C(=O)N(C)C)cc1)NCC(O)c1ccco1. The highest BCUT2D eigenvalue weighted by Crippen LogP contribution is 2.11. The first-order chi connectivity index (χ1) is 12.5. The monoisotopic (exact) mass is 358 g/mol. The van der Waals surface area contributed by atoms with E-state index in [1.54, 1.807) is 43.3 Å². The van der Waals surface area contributed by atoms with Crippen LogP contribution in [0.3, 0.4) is 0 Å². The number of nitrogens with one attached hydrogen (secondary N) is 2. The summed E-state index contributed by atoms with van der Waals surface area (Å²) in [5.41, 5.74) is 1.64. The number of nitrogens with zero attached hydrogens (tertiary/aromatic N) is 2. The smallest absolute Gasteiger partial charge is 0.253 e. The fourth-order valence-electron chi connectivity index (χ4n) is 2.30. The van der Waals surface area contributed by atoms with Gasteiger partial charge in [0.15, 0.2) is 5.96 Å². The number of carbonyl (C=O) groups excluding carboxylic acids is 1. The fourth-order valence-corrected chi connectivity index (χ4v) is 2.30. The predicted molar refractivity (Wildman–Crippen MR) is 101 cm³/mol. The van der Waals surface area contributed by atoms with Crippen molar-refractivity contribution in [1.82, 2.24) is 15.5 Å². The van der Waals surface area contributed by atoms with Gasteiger partial charge in [0.2, 0.25) is 0 Å². The molecule has 0 aliphatic rings. The summed E-state index contributed by atoms with van der Waals surface area (Å²) in [7, 11) is 3.46. The molecule has 1 heterocycles. The average molecular weight is 358 g/mol. The number of aliphatic imine (C=N–C) groups is 1. The van der Waals surface area contributed by atoms with Gasteiger partial charge in [-0.1, -0.05) is 12.1 Å². The van der Waals surface area contributed by atoms with Gasteiger partial charge in [-0.25, -0.2) is 4.99 Å². The van der Waals surface area contributed by atoms with Crippen LogP contribution in [0.5, 0.6) is 0 Å². The molecule has 0 radical (unpaired) electrons. The number of furan rings is 1. The molecule has 0 saturated heterocycles. The second kappa shape index (κ2) is 9.62. The van der Waals surface area contributed by atoms with Crippen LogP contribution in [0.4, 0.5) is 0 Å². The molecular weight excluding hydrogens is 332 g/mol. The van der Waals surface area contributed by atoms with Crippen molar-refractivity contribution in [3.8, 4) is 0 Å². The van der Waals surface area contributed by atoms with Crippen molar-refractivity contribution in [3.63, 3.8) is 0 Å². The lowest BCUT2D eigenvalue weighted by molar-refractivity contribution is 0.0827. The van der Waals surface area contributed by atoms with Crippen LogP contribution in [0.15, 0.2) is 52.1 Å². The summed E-state index contributed by atoms with van der Waals surface area (Å²) in [4.78, 5) is 18.0. The van der Waals surface area contributed by atoms with Gasteiger partial charge in [0, 0.05) is 26.2 Å². The molecule has 7 nitrogen and oxygen atoms in total. The first-order valence-electron chi connectivity index (χ1n) is 8.55. The van der Waals surface area contributed by atoms with E-state index in [1.165, 1.54) is 6.26 Å². The molecule has 3 N–H and O–H groups in total. The van der Waals surface area contributed by atoms with Gasteiger partial charge in [-0.05, 0) is 36.8 Å². The summed E-state index contributed by atoms with van der Waals surface area (Å²) in [6, 6.07) is 10.8. The normalized spacial score (nSPS) is 12.5. The minimum absolute atomic E-state index is 0.0260. The maximum absolute atomic E-state index is 11.9. The Morgan fingerprint density at radius 3 is 2.54 bits per heavy atom. The predicted octanol–water partition coefficient (Wildman–Crippen LogP) is 1.77. The standard InChI is InChI=1S/C19H26N4O3/c1-4-20-19(22-13-16(24)17-6-5-11-26-17)21-12-14-7-9-15(10-8-14)18(25)23(2)3/h5-11,16,24H,4,12-13H2,1-3H3,(H2,20,21,22). The minimum Gasteiger partial charge on any atom is -0.467 e. The molecule has 140 valence electrons. The summed E-state index contributed by atoms with van der Waals surface area (Å²) in [5.74, 6) is 1.09. The lowest BCUT2D eigenvalue weighted by Gasteiger charge is -2.14. The maximum Gasteiger partial charge on any atom is 0.253 e. The molecule has 0 fully saturated rings. The van der Waals surface area contributed by atoms with Crippen LogP contribution in [0, 0.1) is 0 Å². The molecular formula is C19H26N4O3. The lowest BCUT2D eigenvalue weighted by Crippen LogP contribution is -2.39. The third kappa shape index (κ3) is 5.63. The van der Waals surface area contributed by atoms with Crippen LogP contribution in [0.25, 0.3) is 0 Å². The highest BCUT2D eigenvalue weighted by Gasteiger charge is 2.11. The molecule has 0 aliphatic carbocycles. The van der Waals surface area contributed by atoms with E-state index < -0.39 is 6.10 Å². The molecule has 26 heavy (non-hydrogen) atoms. The fraction of sp³-hybridized carbons (Fsp3) is 0.368. The minimum atomic E-state index is -0.745. The van der Waals surface area contributed by atoms with E-state index in [1.807, 2.05) is 19.1 Å². The molecule has 7 heteroatoms. The van der Waals surface area contributed by atoms with Gasteiger partial charge in [0.05, 0.1) is 19.4 Å². The molecule has 0 aliphatic heterocycles. The van der Waals surface area contributed by atoms with E-state index in [4.69, 9.17) is 4.42 Å². The Hall–Kier alpha value is -2.80. The van der Waals surface area contributed by atoms with Gasteiger partial charge in [-0.2, -0.15) is 0 Å². The number of rotatable bonds is 7. The summed E-state index contributed by atoms with van der Waals surface area (Å²) < 4.78 is 5.18. The van der Waals surface area contributed by atoms with Crippen LogP contribution in [0.1, 0.15) is 34.7 Å². The number of hydrogen-bond donors (Lipinski definition) is 3. The van der Waals surface area contributed by atoms with E-state index >= 15 is 0 Å². The molecule has 0 bridgehead atoms. The Bertz CT molecular complexity index is 709. The van der Waals surface area contributed by atoms with Crippen LogP contribution >= 0.6 is 0 Å². The third-order valence-electron chi connectivity index (χ3n) is 3.71. The van der Waals surface area contributed by atoms with Crippen molar-refractivity contribution >= 4 is 11.9 Å². The quantitative estimate of drug-likeness (QED) is 0.518. The number of amides is 1. The third-order valence-corrected chi connectivity index (χ3v) is 3.71. The Morgan fingerprint density at radius 2 is 1.96 bits per heavy atom. The van der Waals surface area contributed by atoms with Crippen molar-refractivity contribution < 1.29 is 14.3 Å². The first-order valence-corrected chi connectivity index (χ1v) is 8.55. The van der Waals surface area contributed by atoms with Crippen LogP contribution in [0.2, 0.25) is 0 Å². The van der Waals surface area contributed by atoms with E-state index in [2.05, 4.69) is 15.6 Å². The van der Waals surface area contributed by atoms with E-state index in [-0.39, 0.29) is 12.5 Å². The average Bonchev–Trinajstić information content (AvgIpc) is 3.18. The van der Waals surface area contributed by atoms with Crippen LogP contribution < -0.4 is 10.6 Å². The topological polar surface area (TPSA) is 90.1 Å². The van der Waals surface area contributed by atoms with Gasteiger partial charge >= 0.3 is 0 Å². The summed E-state index contributed by atoms with van der Waals surface area (Å²) in [6.45, 7) is 3.43. The molecule has 0 spiro atoms. The number of hydrogen-bond acceptors (Lipinski definition) is 4. The van der Waals surface area contributed by atoms with Gasteiger partial charge in [0.1, 0.15) is 11.9 Å². The number of benzene rings is 1. The highest BCUT2D eigenvalue weighted by molar-refractivity contribution is 5.93. The Kier molecular flexibility index (Phi) is 7.23. The molecule has 1 aromatic carbocycles. The zero-order chi connectivity index (χ0) is 18.9. The summed E-state index contributed by atoms with van der Waals surface area (Å²) >= 11 is 0. The Balaban J connectivity index is 1.94. The number of guanidine groups is 1. The number of carbonyl (C=O) groups is 1. The Morgan fingerprint density at radius 1 is 1.23 bits per heavy atom. The Labute approximate surface area is 153 Å². The van der Waals surface area contributed by atoms with Gasteiger partial charge < -0.3 is 25.1 Å². The van der Waals surface area contributed by atoms with Gasteiger partial charge in [-0.3, -0.25) is 4.79 Å². The summed E-state index contributed by atoms with van der Waals surface area (Å²) in [5, 5.41) is 16.3. The molecule has 1 unspecified atom stereocenters. The van der Waals surface area contributed by atoms with Crippen molar-refractivity contribution in [3.05, 3.63) is 59.5 Å². The second-order valence-corrected chi connectivity index (χ2v) is 6.00. The van der Waals surface area contributed by atoms with Crippen molar-refractivity contribution in [1.29, 1.82) is 0 Å². The zero-order valence-corrected chi connectivity index (χ0v) is 15.4. The van der Waals surface area contributed by atoms with E-state index in [0.29, 0.717) is 30.4 Å². The van der Waals surface area contributed by atoms with Crippen LogP contribution in [-0.4, -0.2) is 49.1 Å². The summed E-state index contributed by atoms with van der Waals surface area (Å²) in [6.07, 6.45) is 0.785. The number of aliphatic hydroxyl groups excluding tert-OH is 1. The molecule has 1 amide bonds. The van der Waals surface area contributed by atoms with Crippen LogP contribution in [-0.2, 0) is 6.54 Å². The van der Waals surface area contributed by atoms with Crippen molar-refractivity contribution in [2.24, 2.45) is 4.99 Å². The van der Waals surface area contributed by atoms with Gasteiger partial charge in [0.25, 0.3) is 5.91 Å². The second-order valence-electron chi connectivity index (χ2n) is 6.00. The maximum atomic E-state index is 11.9. The molecule has 2 rings (SSSR count). The van der Waals surface area contributed by atoms with E-state index in [9.17, 15) is 9.90 Å².